The molecule has 1 aliphatic rings. The highest BCUT2D eigenvalue weighted by Gasteiger charge is 2.57. The van der Waals surface area contributed by atoms with E-state index in [4.69, 9.17) is 13.9 Å². The summed E-state index contributed by atoms with van der Waals surface area (Å²) in [6.45, 7) is 5.39. The van der Waals surface area contributed by atoms with Crippen LogP contribution < -0.4 is 0 Å². The van der Waals surface area contributed by atoms with Gasteiger partial charge in [-0.05, 0) is 49.1 Å². The third-order valence-corrected chi connectivity index (χ3v) is 6.94. The zero-order valence-corrected chi connectivity index (χ0v) is 21.8. The lowest BCUT2D eigenvalue weighted by Crippen LogP contribution is -2.60. The summed E-state index contributed by atoms with van der Waals surface area (Å²) in [6.07, 6.45) is 1.25. The van der Waals surface area contributed by atoms with Crippen molar-refractivity contribution in [1.29, 1.82) is 0 Å². The van der Waals surface area contributed by atoms with E-state index < -0.39 is 17.4 Å². The van der Waals surface area contributed by atoms with E-state index in [0.29, 0.717) is 25.1 Å². The van der Waals surface area contributed by atoms with Gasteiger partial charge < -0.3 is 13.9 Å². The largest absolute Gasteiger partial charge is 0.455 e. The molecule has 6 nitrogen and oxygen atoms in total. The summed E-state index contributed by atoms with van der Waals surface area (Å²) < 4.78 is 18.2. The van der Waals surface area contributed by atoms with Gasteiger partial charge >= 0.3 is 5.97 Å². The van der Waals surface area contributed by atoms with Crippen LogP contribution in [0.5, 0.6) is 0 Å². The first-order chi connectivity index (χ1) is 18.3. The fraction of sp³-hybridized carbons (Fsp3) is 0.250. The Hall–Kier alpha value is -4.00. The van der Waals surface area contributed by atoms with Gasteiger partial charge in [0.05, 0.1) is 6.61 Å². The van der Waals surface area contributed by atoms with E-state index >= 15 is 0 Å². The number of carbonyl (C=O) groups is 2. The van der Waals surface area contributed by atoms with Crippen LogP contribution in [0.4, 0.5) is 0 Å². The van der Waals surface area contributed by atoms with Crippen molar-refractivity contribution < 1.29 is 23.5 Å². The van der Waals surface area contributed by atoms with Crippen molar-refractivity contribution in [3.8, 4) is 22.5 Å². The maximum atomic E-state index is 12.9. The first-order valence-electron chi connectivity index (χ1n) is 12.7. The van der Waals surface area contributed by atoms with Gasteiger partial charge in [0.2, 0.25) is 0 Å². The zero-order valence-electron chi connectivity index (χ0n) is 21.8. The molecule has 0 aliphatic carbocycles. The van der Waals surface area contributed by atoms with Crippen LogP contribution in [0.3, 0.4) is 0 Å². The molecule has 1 unspecified atom stereocenters. The van der Waals surface area contributed by atoms with Crippen LogP contribution in [0.1, 0.15) is 32.1 Å². The average molecular weight is 510 g/mol. The molecule has 4 aromatic rings. The number of hydrogen-bond donors (Lipinski definition) is 0. The van der Waals surface area contributed by atoms with Crippen LogP contribution >= 0.6 is 0 Å². The van der Waals surface area contributed by atoms with E-state index in [0.717, 1.165) is 22.3 Å². The standard InChI is InChI=1S/C32H31NO5/c1-23(35)38-32(22-34,33-28(21-36-31(33,2)3)20-24-10-6-4-7-11-24)30-19-18-29(37-30)27-16-14-26(15-17-27)25-12-8-5-9-13-25/h4-19,22,28H,20-21H2,1-3H3/t28-,32?/m0/s1. The lowest BCUT2D eigenvalue weighted by atomic mass is 9.99. The summed E-state index contributed by atoms with van der Waals surface area (Å²) in [6, 6.07) is 31.3. The summed E-state index contributed by atoms with van der Waals surface area (Å²) >= 11 is 0. The normalized spacial score (nSPS) is 18.6. The molecule has 0 radical (unpaired) electrons. The Balaban J connectivity index is 1.52. The molecule has 2 atom stereocenters. The van der Waals surface area contributed by atoms with Crippen molar-refractivity contribution >= 4 is 12.3 Å². The van der Waals surface area contributed by atoms with Gasteiger partial charge in [-0.1, -0.05) is 84.9 Å². The van der Waals surface area contributed by atoms with Crippen molar-refractivity contribution in [2.24, 2.45) is 0 Å². The van der Waals surface area contributed by atoms with E-state index in [-0.39, 0.29) is 11.8 Å². The molecule has 0 amide bonds. The van der Waals surface area contributed by atoms with Gasteiger partial charge in [0.25, 0.3) is 5.72 Å². The number of rotatable bonds is 8. The van der Waals surface area contributed by atoms with Crippen molar-refractivity contribution in [2.75, 3.05) is 6.61 Å². The minimum atomic E-state index is -1.80. The molecule has 38 heavy (non-hydrogen) atoms. The smallest absolute Gasteiger partial charge is 0.305 e. The molecule has 0 N–H and O–H groups in total. The number of aldehydes is 1. The topological polar surface area (TPSA) is 69.0 Å². The van der Waals surface area contributed by atoms with Crippen LogP contribution in [0.25, 0.3) is 22.5 Å². The number of furan rings is 1. The van der Waals surface area contributed by atoms with Crippen LogP contribution in [-0.2, 0) is 31.2 Å². The first-order valence-corrected chi connectivity index (χ1v) is 12.7. The molecule has 1 saturated heterocycles. The summed E-state index contributed by atoms with van der Waals surface area (Å²) in [5, 5.41) is 0. The van der Waals surface area contributed by atoms with Crippen molar-refractivity contribution in [3.05, 3.63) is 108 Å². The molecule has 5 rings (SSSR count). The number of hydrogen-bond acceptors (Lipinski definition) is 6. The van der Waals surface area contributed by atoms with Gasteiger partial charge in [-0.3, -0.25) is 9.59 Å². The van der Waals surface area contributed by atoms with Gasteiger partial charge in [-0.25, -0.2) is 4.90 Å². The number of benzene rings is 3. The van der Waals surface area contributed by atoms with Crippen LogP contribution in [-0.4, -0.2) is 35.5 Å². The predicted molar refractivity (Wildman–Crippen MR) is 145 cm³/mol. The molecule has 0 bridgehead atoms. The second-order valence-electron chi connectivity index (χ2n) is 9.99. The van der Waals surface area contributed by atoms with E-state index in [9.17, 15) is 9.59 Å². The fourth-order valence-electron chi connectivity index (χ4n) is 5.31. The highest BCUT2D eigenvalue weighted by Crippen LogP contribution is 2.43. The molecular formula is C32H31NO5. The number of esters is 1. The number of ether oxygens (including phenoxy) is 2. The van der Waals surface area contributed by atoms with Crippen LogP contribution in [0.15, 0.2) is 101 Å². The molecule has 194 valence electrons. The lowest BCUT2D eigenvalue weighted by molar-refractivity contribution is -0.220. The van der Waals surface area contributed by atoms with Gasteiger partial charge in [0.1, 0.15) is 11.5 Å². The SMILES string of the molecule is CC(=O)OC(C=O)(c1ccc(-c2ccc(-c3ccccc3)cc2)o1)N1[C@@H](Cc2ccccc2)COC1(C)C. The van der Waals surface area contributed by atoms with Crippen molar-refractivity contribution in [3.63, 3.8) is 0 Å². The maximum absolute atomic E-state index is 12.9. The predicted octanol–water partition coefficient (Wildman–Crippen LogP) is 6.21. The number of carbonyl (C=O) groups excluding carboxylic acids is 2. The van der Waals surface area contributed by atoms with Crippen molar-refractivity contribution in [2.45, 2.75) is 44.7 Å². The lowest BCUT2D eigenvalue weighted by Gasteiger charge is -2.43. The van der Waals surface area contributed by atoms with Crippen LogP contribution in [0.2, 0.25) is 0 Å². The molecule has 0 spiro atoms. The highest BCUT2D eigenvalue weighted by atomic mass is 16.6. The quantitative estimate of drug-likeness (QED) is 0.208. The van der Waals surface area contributed by atoms with E-state index in [1.807, 2.05) is 91.5 Å². The second kappa shape index (κ2) is 10.4. The molecule has 0 saturated carbocycles. The minimum Gasteiger partial charge on any atom is -0.455 e. The Morgan fingerprint density at radius 1 is 0.921 bits per heavy atom. The Bertz CT molecular complexity index is 1390. The Morgan fingerprint density at radius 2 is 1.53 bits per heavy atom. The zero-order chi connectivity index (χ0) is 26.8. The van der Waals surface area contributed by atoms with Crippen LogP contribution in [0, 0.1) is 0 Å². The van der Waals surface area contributed by atoms with Gasteiger partial charge in [-0.2, -0.15) is 0 Å². The van der Waals surface area contributed by atoms with E-state index in [1.54, 1.807) is 12.1 Å². The average Bonchev–Trinajstić information content (AvgIpc) is 3.54. The summed E-state index contributed by atoms with van der Waals surface area (Å²) in [7, 11) is 0. The van der Waals surface area contributed by atoms with E-state index in [2.05, 4.69) is 12.1 Å². The molecular weight excluding hydrogens is 478 g/mol. The molecule has 3 aromatic carbocycles. The van der Waals surface area contributed by atoms with Gasteiger partial charge in [-0.15, -0.1) is 0 Å². The minimum absolute atomic E-state index is 0.224. The summed E-state index contributed by atoms with van der Waals surface area (Å²) in [5.41, 5.74) is 1.44. The first kappa shape index (κ1) is 25.6. The summed E-state index contributed by atoms with van der Waals surface area (Å²) in [5.74, 6) is 0.195. The third-order valence-electron chi connectivity index (χ3n) is 6.94. The third kappa shape index (κ3) is 4.93. The van der Waals surface area contributed by atoms with Gasteiger partial charge in [0, 0.05) is 18.5 Å². The Kier molecular flexibility index (Phi) is 7.02. The molecule has 2 heterocycles. The second-order valence-corrected chi connectivity index (χ2v) is 9.99. The molecule has 6 heteroatoms. The highest BCUT2D eigenvalue weighted by molar-refractivity contribution is 5.74. The monoisotopic (exact) mass is 509 g/mol. The van der Waals surface area contributed by atoms with Crippen molar-refractivity contribution in [1.82, 2.24) is 4.90 Å². The maximum Gasteiger partial charge on any atom is 0.305 e. The Morgan fingerprint density at radius 3 is 2.16 bits per heavy atom. The molecule has 1 aliphatic heterocycles. The molecule has 1 fully saturated rings. The number of nitrogens with zero attached hydrogens (tertiary/aromatic N) is 1. The molecule has 1 aromatic heterocycles. The Labute approximate surface area is 222 Å². The van der Waals surface area contributed by atoms with E-state index in [1.165, 1.54) is 6.92 Å². The van der Waals surface area contributed by atoms with Gasteiger partial charge in [0.15, 0.2) is 12.0 Å². The summed E-state index contributed by atoms with van der Waals surface area (Å²) in [4.78, 5) is 27.2. The fourth-order valence-corrected chi connectivity index (χ4v) is 5.31.